The van der Waals surface area contributed by atoms with E-state index in [0.29, 0.717) is 17.1 Å². The van der Waals surface area contributed by atoms with E-state index in [4.69, 9.17) is 11.6 Å². The van der Waals surface area contributed by atoms with Crippen LogP contribution in [0.4, 0.5) is 8.78 Å². The smallest absolute Gasteiger partial charge is 0.159 e. The van der Waals surface area contributed by atoms with Crippen LogP contribution in [0.3, 0.4) is 0 Å². The minimum atomic E-state index is -0.843. The summed E-state index contributed by atoms with van der Waals surface area (Å²) in [5, 5.41) is 3.94. The summed E-state index contributed by atoms with van der Waals surface area (Å²) in [5.74, 6) is -1.68. The van der Waals surface area contributed by atoms with E-state index < -0.39 is 11.6 Å². The van der Waals surface area contributed by atoms with Crippen LogP contribution < -0.4 is 5.32 Å². The molecule has 106 valence electrons. The van der Waals surface area contributed by atoms with Gasteiger partial charge in [0.15, 0.2) is 11.6 Å². The van der Waals surface area contributed by atoms with E-state index in [1.165, 1.54) is 6.07 Å². The van der Waals surface area contributed by atoms with E-state index >= 15 is 0 Å². The first kappa shape index (κ1) is 14.9. The van der Waals surface area contributed by atoms with E-state index in [2.05, 4.69) is 5.32 Å². The Hall–Kier alpha value is -1.45. The molecule has 0 radical (unpaired) electrons. The molecular weight excluding hydrogens is 280 g/mol. The van der Waals surface area contributed by atoms with E-state index in [9.17, 15) is 8.78 Å². The Morgan fingerprint density at radius 3 is 2.55 bits per heavy atom. The fourth-order valence-electron chi connectivity index (χ4n) is 2.24. The van der Waals surface area contributed by atoms with Gasteiger partial charge in [-0.1, -0.05) is 36.7 Å². The third-order valence-corrected chi connectivity index (χ3v) is 3.72. The van der Waals surface area contributed by atoms with E-state index in [0.717, 1.165) is 17.2 Å². The van der Waals surface area contributed by atoms with Gasteiger partial charge in [0.25, 0.3) is 0 Å². The molecule has 1 N–H and O–H groups in total. The van der Waals surface area contributed by atoms with Crippen molar-refractivity contribution in [2.24, 2.45) is 0 Å². The Morgan fingerprint density at radius 2 is 1.90 bits per heavy atom. The Balaban J connectivity index is 2.50. The van der Waals surface area contributed by atoms with Crippen molar-refractivity contribution in [3.05, 3.63) is 69.7 Å². The summed E-state index contributed by atoms with van der Waals surface area (Å²) in [6, 6.07) is 9.36. The average molecular weight is 296 g/mol. The maximum absolute atomic E-state index is 13.4. The molecule has 0 spiro atoms. The van der Waals surface area contributed by atoms with E-state index in [1.54, 1.807) is 6.07 Å². The molecule has 1 nitrogen and oxygen atoms in total. The molecule has 1 unspecified atom stereocenters. The third kappa shape index (κ3) is 3.00. The highest BCUT2D eigenvalue weighted by molar-refractivity contribution is 6.31. The monoisotopic (exact) mass is 295 g/mol. The zero-order chi connectivity index (χ0) is 14.7. The molecule has 2 aromatic carbocycles. The van der Waals surface area contributed by atoms with Crippen LogP contribution in [0.2, 0.25) is 5.02 Å². The molecule has 2 rings (SSSR count). The Morgan fingerprint density at radius 1 is 1.15 bits per heavy atom. The normalized spacial score (nSPS) is 12.4. The van der Waals surface area contributed by atoms with Crippen LogP contribution in [0.15, 0.2) is 36.4 Å². The lowest BCUT2D eigenvalue weighted by molar-refractivity contribution is 0.504. The van der Waals surface area contributed by atoms with Crippen molar-refractivity contribution in [1.82, 2.24) is 5.32 Å². The number of hydrogen-bond acceptors (Lipinski definition) is 1. The van der Waals surface area contributed by atoms with Crippen LogP contribution >= 0.6 is 11.6 Å². The fraction of sp³-hybridized carbons (Fsp3) is 0.250. The van der Waals surface area contributed by atoms with Crippen LogP contribution in [-0.2, 0) is 0 Å². The Bertz CT molecular complexity index is 613. The molecule has 0 aromatic heterocycles. The molecule has 2 aromatic rings. The molecule has 0 fully saturated rings. The van der Waals surface area contributed by atoms with Gasteiger partial charge in [-0.25, -0.2) is 8.78 Å². The quantitative estimate of drug-likeness (QED) is 0.867. The van der Waals surface area contributed by atoms with Gasteiger partial charge in [0.1, 0.15) is 0 Å². The van der Waals surface area contributed by atoms with Crippen molar-refractivity contribution in [3.8, 4) is 0 Å². The Labute approximate surface area is 122 Å². The lowest BCUT2D eigenvalue weighted by atomic mass is 9.95. The number of halogens is 3. The van der Waals surface area contributed by atoms with Gasteiger partial charge in [-0.05, 0) is 48.4 Å². The van der Waals surface area contributed by atoms with Crippen molar-refractivity contribution in [3.63, 3.8) is 0 Å². The van der Waals surface area contributed by atoms with Crippen LogP contribution in [0, 0.1) is 18.6 Å². The predicted molar refractivity (Wildman–Crippen MR) is 78.1 cm³/mol. The molecule has 0 saturated heterocycles. The van der Waals surface area contributed by atoms with Gasteiger partial charge in [-0.2, -0.15) is 0 Å². The van der Waals surface area contributed by atoms with Crippen LogP contribution in [-0.4, -0.2) is 6.54 Å². The van der Waals surface area contributed by atoms with Gasteiger partial charge in [-0.3, -0.25) is 0 Å². The number of nitrogens with one attached hydrogen (secondary N) is 1. The summed E-state index contributed by atoms with van der Waals surface area (Å²) in [6.07, 6.45) is 0. The highest BCUT2D eigenvalue weighted by Crippen LogP contribution is 2.29. The van der Waals surface area contributed by atoms with Gasteiger partial charge < -0.3 is 5.32 Å². The summed E-state index contributed by atoms with van der Waals surface area (Å²) in [6.45, 7) is 4.59. The summed E-state index contributed by atoms with van der Waals surface area (Å²) in [5.41, 5.74) is 2.58. The second kappa shape index (κ2) is 6.33. The summed E-state index contributed by atoms with van der Waals surface area (Å²) < 4.78 is 26.5. The van der Waals surface area contributed by atoms with Crippen LogP contribution in [0.5, 0.6) is 0 Å². The van der Waals surface area contributed by atoms with Crippen molar-refractivity contribution in [2.75, 3.05) is 6.54 Å². The first-order valence-electron chi connectivity index (χ1n) is 6.48. The molecule has 1 atom stereocenters. The summed E-state index contributed by atoms with van der Waals surface area (Å²) in [7, 11) is 0. The first-order chi connectivity index (χ1) is 9.54. The van der Waals surface area contributed by atoms with Crippen LogP contribution in [0.1, 0.15) is 29.7 Å². The molecule has 0 saturated carbocycles. The zero-order valence-electron chi connectivity index (χ0n) is 11.4. The minimum absolute atomic E-state index is 0.214. The molecule has 0 amide bonds. The van der Waals surface area contributed by atoms with Crippen molar-refractivity contribution in [2.45, 2.75) is 19.9 Å². The van der Waals surface area contributed by atoms with Gasteiger partial charge >= 0.3 is 0 Å². The largest absolute Gasteiger partial charge is 0.307 e. The highest BCUT2D eigenvalue weighted by Gasteiger charge is 2.17. The SMILES string of the molecule is CCNC(c1ccc(F)c(F)c1)c1cccc(Cl)c1C. The summed E-state index contributed by atoms with van der Waals surface area (Å²) in [4.78, 5) is 0. The molecule has 0 aliphatic rings. The summed E-state index contributed by atoms with van der Waals surface area (Å²) >= 11 is 6.14. The van der Waals surface area contributed by atoms with Crippen molar-refractivity contribution < 1.29 is 8.78 Å². The second-order valence-electron chi connectivity index (χ2n) is 4.62. The highest BCUT2D eigenvalue weighted by atomic mass is 35.5. The zero-order valence-corrected chi connectivity index (χ0v) is 12.1. The van der Waals surface area contributed by atoms with Gasteiger partial charge in [0.2, 0.25) is 0 Å². The molecule has 20 heavy (non-hydrogen) atoms. The average Bonchev–Trinajstić information content (AvgIpc) is 2.43. The standard InChI is InChI=1S/C16H16ClF2N/c1-3-20-16(11-7-8-14(18)15(19)9-11)12-5-4-6-13(17)10(12)2/h4-9,16,20H,3H2,1-2H3. The van der Waals surface area contributed by atoms with E-state index in [-0.39, 0.29) is 6.04 Å². The Kier molecular flexibility index (Phi) is 4.73. The number of hydrogen-bond donors (Lipinski definition) is 1. The van der Waals surface area contributed by atoms with Gasteiger partial charge in [0, 0.05) is 5.02 Å². The molecule has 0 aliphatic heterocycles. The maximum atomic E-state index is 13.4. The molecule has 0 aliphatic carbocycles. The molecule has 0 bridgehead atoms. The van der Waals surface area contributed by atoms with Crippen molar-refractivity contribution >= 4 is 11.6 Å². The lowest BCUT2D eigenvalue weighted by Gasteiger charge is -2.21. The fourth-order valence-corrected chi connectivity index (χ4v) is 2.42. The van der Waals surface area contributed by atoms with E-state index in [1.807, 2.05) is 32.0 Å². The second-order valence-corrected chi connectivity index (χ2v) is 5.03. The minimum Gasteiger partial charge on any atom is -0.307 e. The molecule has 0 heterocycles. The van der Waals surface area contributed by atoms with Crippen molar-refractivity contribution in [1.29, 1.82) is 0 Å². The lowest BCUT2D eigenvalue weighted by Crippen LogP contribution is -2.23. The van der Waals surface area contributed by atoms with Gasteiger partial charge in [-0.15, -0.1) is 0 Å². The predicted octanol–water partition coefficient (Wildman–Crippen LogP) is 4.63. The first-order valence-corrected chi connectivity index (χ1v) is 6.85. The number of rotatable bonds is 4. The molecular formula is C16H16ClF2N. The van der Waals surface area contributed by atoms with Gasteiger partial charge in [0.05, 0.1) is 6.04 Å². The topological polar surface area (TPSA) is 12.0 Å². The maximum Gasteiger partial charge on any atom is 0.159 e. The van der Waals surface area contributed by atoms with Crippen LogP contribution in [0.25, 0.3) is 0 Å². The molecule has 4 heteroatoms. The number of benzene rings is 2. The third-order valence-electron chi connectivity index (χ3n) is 3.31.